The van der Waals surface area contributed by atoms with Gasteiger partial charge in [0.15, 0.2) is 12.6 Å². The number of carbonyl (C=O) groups excluding carboxylic acids is 1. The smallest absolute Gasteiger partial charge is 0.158 e. The zero-order valence-electron chi connectivity index (χ0n) is 25.3. The van der Waals surface area contributed by atoms with Crippen LogP contribution in [0.2, 0.25) is 0 Å². The van der Waals surface area contributed by atoms with Gasteiger partial charge in [-0.05, 0) is 88.4 Å². The largest absolute Gasteiger partial charge is 0.373 e. The third kappa shape index (κ3) is 9.11. The quantitative estimate of drug-likeness (QED) is 0.0786. The van der Waals surface area contributed by atoms with Gasteiger partial charge in [0, 0.05) is 36.8 Å². The third-order valence-corrected chi connectivity index (χ3v) is 11.4. The fraction of sp³-hybridized carbons (Fsp3) is 0.912. The second-order valence-electron chi connectivity index (χ2n) is 13.4. The molecule has 0 aromatic carbocycles. The maximum Gasteiger partial charge on any atom is 0.158 e. The number of ether oxygens (including phenoxy) is 5. The van der Waals surface area contributed by atoms with Gasteiger partial charge in [0.05, 0.1) is 24.4 Å². The van der Waals surface area contributed by atoms with Gasteiger partial charge in [-0.25, -0.2) is 0 Å². The summed E-state index contributed by atoms with van der Waals surface area (Å²) in [4.78, 5) is 11.1. The summed E-state index contributed by atoms with van der Waals surface area (Å²) in [6.45, 7) is 3.91. The average Bonchev–Trinajstić information content (AvgIpc) is 3.71. The van der Waals surface area contributed by atoms with Crippen molar-refractivity contribution in [3.63, 3.8) is 0 Å². The minimum Gasteiger partial charge on any atom is -0.373 e. The van der Waals surface area contributed by atoms with E-state index in [1.807, 2.05) is 0 Å². The molecule has 0 spiro atoms. The van der Waals surface area contributed by atoms with E-state index in [2.05, 4.69) is 35.0 Å². The molecular formula is C34H55BrO6. The van der Waals surface area contributed by atoms with Crippen LogP contribution in [0.5, 0.6) is 0 Å². The highest BCUT2D eigenvalue weighted by Gasteiger charge is 2.51. The van der Waals surface area contributed by atoms with E-state index in [1.165, 1.54) is 51.4 Å². The van der Waals surface area contributed by atoms with Crippen LogP contribution >= 0.6 is 15.9 Å². The molecule has 7 heteroatoms. The van der Waals surface area contributed by atoms with Crippen LogP contribution in [-0.4, -0.2) is 61.3 Å². The fourth-order valence-electron chi connectivity index (χ4n) is 8.05. The molecule has 11 atom stereocenters. The minimum atomic E-state index is -0.0941. The van der Waals surface area contributed by atoms with Crippen molar-refractivity contribution in [3.8, 4) is 0 Å². The van der Waals surface area contributed by atoms with Gasteiger partial charge in [-0.15, -0.1) is 0 Å². The number of unbranched alkanes of at least 4 members (excludes halogenated alkanes) is 2. The van der Waals surface area contributed by atoms with Crippen LogP contribution in [0.1, 0.15) is 116 Å². The van der Waals surface area contributed by atoms with E-state index >= 15 is 0 Å². The topological polar surface area (TPSA) is 63.2 Å². The van der Waals surface area contributed by atoms with E-state index in [0.717, 1.165) is 76.8 Å². The van der Waals surface area contributed by atoms with E-state index in [0.29, 0.717) is 24.2 Å². The fourth-order valence-corrected chi connectivity index (χ4v) is 8.72. The predicted molar refractivity (Wildman–Crippen MR) is 164 cm³/mol. The van der Waals surface area contributed by atoms with E-state index in [-0.39, 0.29) is 41.8 Å². The molecule has 3 heterocycles. The van der Waals surface area contributed by atoms with Crippen molar-refractivity contribution in [2.45, 2.75) is 158 Å². The van der Waals surface area contributed by atoms with Crippen molar-refractivity contribution in [1.29, 1.82) is 0 Å². The SMILES string of the molecule is CCCCC1CCC([C@@H](C=C[C@@H]2[C@H]3C[C@H](C(Br)CCCC=O)O[C@@H]3C[C@H]2OC2CCCCO2)OC2CCCCO2)C1. The summed E-state index contributed by atoms with van der Waals surface area (Å²) < 4.78 is 32.2. The van der Waals surface area contributed by atoms with Crippen LogP contribution in [0.3, 0.4) is 0 Å². The molecule has 41 heavy (non-hydrogen) atoms. The van der Waals surface area contributed by atoms with Gasteiger partial charge in [-0.3, -0.25) is 0 Å². The van der Waals surface area contributed by atoms with Gasteiger partial charge in [-0.1, -0.05) is 60.7 Å². The Labute approximate surface area is 257 Å². The van der Waals surface area contributed by atoms with Gasteiger partial charge in [0.1, 0.15) is 6.29 Å². The number of halogens is 1. The minimum absolute atomic E-state index is 0.0770. The Bertz CT molecular complexity index is 796. The highest BCUT2D eigenvalue weighted by atomic mass is 79.9. The molecule has 3 saturated heterocycles. The molecule has 0 N–H and O–H groups in total. The first kappa shape index (κ1) is 32.1. The Hall–Kier alpha value is -0.310. The Kier molecular flexibility index (Phi) is 13.1. The molecule has 3 aliphatic heterocycles. The molecule has 0 bridgehead atoms. The number of alkyl halides is 1. The average molecular weight is 640 g/mol. The van der Waals surface area contributed by atoms with E-state index in [1.54, 1.807) is 0 Å². The van der Waals surface area contributed by atoms with Crippen molar-refractivity contribution in [2.24, 2.45) is 23.7 Å². The van der Waals surface area contributed by atoms with Crippen LogP contribution in [0.25, 0.3) is 0 Å². The number of hydrogen-bond donors (Lipinski definition) is 0. The molecule has 0 aromatic heterocycles. The number of carbonyl (C=O) groups is 1. The molecule has 0 aromatic rings. The zero-order valence-corrected chi connectivity index (χ0v) is 26.9. The Morgan fingerprint density at radius 1 is 0.951 bits per heavy atom. The molecule has 5 aliphatic rings. The molecule has 5 rings (SSSR count). The second kappa shape index (κ2) is 16.7. The number of hydrogen-bond acceptors (Lipinski definition) is 6. The molecule has 2 saturated carbocycles. The number of aldehydes is 1. The van der Waals surface area contributed by atoms with Gasteiger partial charge in [0.2, 0.25) is 0 Å². The number of rotatable bonds is 15. The number of fused-ring (bicyclic) bond motifs is 1. The third-order valence-electron chi connectivity index (χ3n) is 10.4. The van der Waals surface area contributed by atoms with Crippen molar-refractivity contribution >= 4 is 22.2 Å². The standard InChI is InChI=1S/C34H55BrO6/c1-2-3-10-24-14-15-25(21-24)29(40-33-12-5-8-19-37-33)17-16-26-27-22-32(28(35)11-4-7-18-36)39-31(27)23-30(26)41-34-13-6-9-20-38-34/h16-18,24-34H,2-15,19-23H2,1H3/t24?,25?,26-,27-,28?,29-,30-,31-,32-,33?,34?/m1/s1. The zero-order chi connectivity index (χ0) is 28.4. The van der Waals surface area contributed by atoms with E-state index < -0.39 is 0 Å². The molecule has 0 radical (unpaired) electrons. The molecular weight excluding hydrogens is 584 g/mol. The lowest BCUT2D eigenvalue weighted by atomic mass is 9.87. The molecule has 234 valence electrons. The summed E-state index contributed by atoms with van der Waals surface area (Å²) in [5.74, 6) is 2.12. The molecule has 2 aliphatic carbocycles. The summed E-state index contributed by atoms with van der Waals surface area (Å²) in [6.07, 6.45) is 25.2. The Morgan fingerprint density at radius 3 is 2.49 bits per heavy atom. The van der Waals surface area contributed by atoms with Crippen molar-refractivity contribution in [3.05, 3.63) is 12.2 Å². The first-order valence-electron chi connectivity index (χ1n) is 17.1. The van der Waals surface area contributed by atoms with Crippen LogP contribution in [0.15, 0.2) is 12.2 Å². The Balaban J connectivity index is 1.28. The highest BCUT2D eigenvalue weighted by Crippen LogP contribution is 2.48. The maximum absolute atomic E-state index is 10.8. The molecule has 5 fully saturated rings. The normalized spacial score (nSPS) is 39.2. The first-order valence-corrected chi connectivity index (χ1v) is 18.0. The van der Waals surface area contributed by atoms with Crippen molar-refractivity contribution < 1.29 is 28.5 Å². The Morgan fingerprint density at radius 2 is 1.76 bits per heavy atom. The summed E-state index contributed by atoms with van der Waals surface area (Å²) in [5.41, 5.74) is 0. The van der Waals surface area contributed by atoms with Crippen LogP contribution in [0.4, 0.5) is 0 Å². The van der Waals surface area contributed by atoms with Gasteiger partial charge in [0.25, 0.3) is 0 Å². The van der Waals surface area contributed by atoms with Crippen LogP contribution in [-0.2, 0) is 28.5 Å². The van der Waals surface area contributed by atoms with Crippen LogP contribution < -0.4 is 0 Å². The lowest BCUT2D eigenvalue weighted by Crippen LogP contribution is -2.33. The van der Waals surface area contributed by atoms with E-state index in [9.17, 15) is 4.79 Å². The van der Waals surface area contributed by atoms with Gasteiger partial charge in [-0.2, -0.15) is 0 Å². The van der Waals surface area contributed by atoms with Crippen LogP contribution in [0, 0.1) is 23.7 Å². The van der Waals surface area contributed by atoms with Gasteiger partial charge < -0.3 is 28.5 Å². The summed E-state index contributed by atoms with van der Waals surface area (Å²) in [5, 5.41) is 0. The monoisotopic (exact) mass is 638 g/mol. The van der Waals surface area contributed by atoms with E-state index in [4.69, 9.17) is 23.7 Å². The highest BCUT2D eigenvalue weighted by molar-refractivity contribution is 9.09. The van der Waals surface area contributed by atoms with Crippen molar-refractivity contribution in [2.75, 3.05) is 13.2 Å². The lowest BCUT2D eigenvalue weighted by Gasteiger charge is -2.31. The lowest BCUT2D eigenvalue weighted by molar-refractivity contribution is -0.194. The van der Waals surface area contributed by atoms with Crippen molar-refractivity contribution in [1.82, 2.24) is 0 Å². The molecule has 5 unspecified atom stereocenters. The first-order chi connectivity index (χ1) is 20.1. The molecule has 0 amide bonds. The summed E-state index contributed by atoms with van der Waals surface area (Å²) in [6, 6.07) is 0. The summed E-state index contributed by atoms with van der Waals surface area (Å²) in [7, 11) is 0. The molecule has 6 nitrogen and oxygen atoms in total. The van der Waals surface area contributed by atoms with Gasteiger partial charge >= 0.3 is 0 Å². The predicted octanol–water partition coefficient (Wildman–Crippen LogP) is 7.90. The second-order valence-corrected chi connectivity index (χ2v) is 14.5. The maximum atomic E-state index is 10.8. The summed E-state index contributed by atoms with van der Waals surface area (Å²) >= 11 is 3.90.